The van der Waals surface area contributed by atoms with Gasteiger partial charge in [-0.2, -0.15) is 0 Å². The van der Waals surface area contributed by atoms with Gasteiger partial charge < -0.3 is 5.11 Å². The predicted molar refractivity (Wildman–Crippen MR) is 82.4 cm³/mol. The third-order valence-electron chi connectivity index (χ3n) is 4.87. The van der Waals surface area contributed by atoms with E-state index in [1.165, 1.54) is 19.3 Å². The highest BCUT2D eigenvalue weighted by molar-refractivity contribution is 5.78. The first kappa shape index (κ1) is 13.6. The van der Waals surface area contributed by atoms with Crippen molar-refractivity contribution in [1.29, 1.82) is 0 Å². The minimum absolute atomic E-state index is 0.357. The number of hydrogen-bond donors (Lipinski definition) is 1. The smallest absolute Gasteiger partial charge is 0.0833 e. The summed E-state index contributed by atoms with van der Waals surface area (Å²) in [6.45, 7) is 2.27. The van der Waals surface area contributed by atoms with Crippen LogP contribution in [0.5, 0.6) is 0 Å². The molecule has 106 valence electrons. The number of rotatable bonds is 3. The normalized spacial score (nSPS) is 24.7. The van der Waals surface area contributed by atoms with Crippen LogP contribution in [0.2, 0.25) is 0 Å². The lowest BCUT2D eigenvalue weighted by Crippen LogP contribution is -2.20. The fraction of sp³-hybridized carbons (Fsp3) is 0.500. The molecule has 2 nitrogen and oxygen atoms in total. The molecule has 1 aliphatic rings. The van der Waals surface area contributed by atoms with Crippen molar-refractivity contribution >= 4 is 10.9 Å². The number of hydrogen-bond acceptors (Lipinski definition) is 2. The molecule has 1 heterocycles. The van der Waals surface area contributed by atoms with Crippen molar-refractivity contribution in [3.05, 3.63) is 42.1 Å². The monoisotopic (exact) mass is 269 g/mol. The molecule has 1 aromatic carbocycles. The first-order chi connectivity index (χ1) is 9.78. The predicted octanol–water partition coefficient (Wildman–Crippen LogP) is 4.48. The van der Waals surface area contributed by atoms with E-state index in [0.29, 0.717) is 5.92 Å². The fourth-order valence-electron chi connectivity index (χ4n) is 3.43. The molecule has 0 spiro atoms. The third-order valence-corrected chi connectivity index (χ3v) is 4.87. The van der Waals surface area contributed by atoms with Crippen molar-refractivity contribution in [2.75, 3.05) is 0 Å². The van der Waals surface area contributed by atoms with Crippen molar-refractivity contribution < 1.29 is 5.11 Å². The fourth-order valence-corrected chi connectivity index (χ4v) is 3.43. The van der Waals surface area contributed by atoms with E-state index in [9.17, 15) is 5.11 Å². The van der Waals surface area contributed by atoms with E-state index in [1.54, 1.807) is 0 Å². The van der Waals surface area contributed by atoms with Crippen molar-refractivity contribution in [2.24, 2.45) is 11.8 Å². The highest BCUT2D eigenvalue weighted by Gasteiger charge is 2.26. The Morgan fingerprint density at radius 3 is 2.70 bits per heavy atom. The number of aliphatic hydroxyl groups is 1. The average Bonchev–Trinajstić information content (AvgIpc) is 2.54. The van der Waals surface area contributed by atoms with Crippen LogP contribution in [0.4, 0.5) is 0 Å². The van der Waals surface area contributed by atoms with Crippen LogP contribution in [-0.4, -0.2) is 10.1 Å². The van der Waals surface area contributed by atoms with Crippen LogP contribution in [0, 0.1) is 11.8 Å². The largest absolute Gasteiger partial charge is 0.388 e. The molecule has 0 amide bonds. The molecule has 1 unspecified atom stereocenters. The van der Waals surface area contributed by atoms with Crippen LogP contribution in [0.15, 0.2) is 36.5 Å². The molecule has 1 fully saturated rings. The van der Waals surface area contributed by atoms with Crippen molar-refractivity contribution in [2.45, 2.75) is 45.1 Å². The highest BCUT2D eigenvalue weighted by atomic mass is 16.3. The molecule has 0 radical (unpaired) electrons. The van der Waals surface area contributed by atoms with Gasteiger partial charge in [-0.25, -0.2) is 0 Å². The summed E-state index contributed by atoms with van der Waals surface area (Å²) in [5.41, 5.74) is 1.97. The Morgan fingerprint density at radius 1 is 1.20 bits per heavy atom. The maximum absolute atomic E-state index is 10.6. The van der Waals surface area contributed by atoms with E-state index < -0.39 is 0 Å². The number of aliphatic hydroxyl groups excluding tert-OH is 1. The lowest BCUT2D eigenvalue weighted by Gasteiger charge is -2.31. The molecular formula is C18H23NO. The maximum Gasteiger partial charge on any atom is 0.0833 e. The number of benzene rings is 1. The van der Waals surface area contributed by atoms with Gasteiger partial charge in [0, 0.05) is 11.6 Å². The first-order valence-electron chi connectivity index (χ1n) is 7.80. The summed E-state index contributed by atoms with van der Waals surface area (Å²) in [4.78, 5) is 4.47. The van der Waals surface area contributed by atoms with Gasteiger partial charge in [0.1, 0.15) is 0 Å². The average molecular weight is 269 g/mol. The minimum atomic E-state index is -0.357. The molecule has 20 heavy (non-hydrogen) atoms. The van der Waals surface area contributed by atoms with E-state index in [2.05, 4.69) is 24.0 Å². The molecule has 0 saturated heterocycles. The highest BCUT2D eigenvalue weighted by Crippen LogP contribution is 2.38. The molecule has 1 aromatic heterocycles. The number of fused-ring (bicyclic) bond motifs is 1. The van der Waals surface area contributed by atoms with Crippen LogP contribution in [0.25, 0.3) is 10.9 Å². The van der Waals surface area contributed by atoms with Crippen LogP contribution < -0.4 is 0 Å². The topological polar surface area (TPSA) is 33.1 Å². The lowest BCUT2D eigenvalue weighted by molar-refractivity contribution is 0.0728. The SMILES string of the molecule is CCC1CCC(C(O)c2cnc3ccccc3c2)CC1. The zero-order valence-electron chi connectivity index (χ0n) is 12.1. The molecule has 1 aliphatic carbocycles. The Labute approximate surface area is 120 Å². The van der Waals surface area contributed by atoms with Gasteiger partial charge in [0.05, 0.1) is 11.6 Å². The van der Waals surface area contributed by atoms with Gasteiger partial charge in [-0.1, -0.05) is 44.4 Å². The Balaban J connectivity index is 1.77. The van der Waals surface area contributed by atoms with Gasteiger partial charge in [-0.15, -0.1) is 0 Å². The molecule has 0 aliphatic heterocycles. The summed E-state index contributed by atoms with van der Waals surface area (Å²) < 4.78 is 0. The van der Waals surface area contributed by atoms with Crippen LogP contribution in [0.1, 0.15) is 50.7 Å². The standard InChI is InChI=1S/C18H23NO/c1-2-13-7-9-14(10-8-13)18(20)16-11-15-5-3-4-6-17(15)19-12-16/h3-6,11-14,18,20H,2,7-10H2,1H3. The minimum Gasteiger partial charge on any atom is -0.388 e. The lowest BCUT2D eigenvalue weighted by atomic mass is 9.77. The summed E-state index contributed by atoms with van der Waals surface area (Å²) in [5, 5.41) is 11.7. The van der Waals surface area contributed by atoms with Gasteiger partial charge in [-0.3, -0.25) is 4.98 Å². The number of nitrogens with zero attached hydrogens (tertiary/aromatic N) is 1. The molecule has 2 heteroatoms. The molecule has 1 saturated carbocycles. The van der Waals surface area contributed by atoms with E-state index in [-0.39, 0.29) is 6.10 Å². The molecule has 2 aromatic rings. The van der Waals surface area contributed by atoms with Gasteiger partial charge in [0.15, 0.2) is 0 Å². The Morgan fingerprint density at radius 2 is 1.95 bits per heavy atom. The summed E-state index contributed by atoms with van der Waals surface area (Å²) in [5.74, 6) is 1.27. The molecule has 0 bridgehead atoms. The van der Waals surface area contributed by atoms with Crippen molar-refractivity contribution in [1.82, 2.24) is 4.98 Å². The van der Waals surface area contributed by atoms with E-state index >= 15 is 0 Å². The maximum atomic E-state index is 10.6. The molecule has 3 rings (SSSR count). The van der Waals surface area contributed by atoms with Gasteiger partial charge in [-0.05, 0) is 42.4 Å². The zero-order chi connectivity index (χ0) is 13.9. The summed E-state index contributed by atoms with van der Waals surface area (Å²) in [6, 6.07) is 10.2. The number of para-hydroxylation sites is 1. The second-order valence-electron chi connectivity index (χ2n) is 6.10. The summed E-state index contributed by atoms with van der Waals surface area (Å²) in [7, 11) is 0. The first-order valence-corrected chi connectivity index (χ1v) is 7.80. The van der Waals surface area contributed by atoms with Crippen molar-refractivity contribution in [3.8, 4) is 0 Å². The quantitative estimate of drug-likeness (QED) is 0.891. The summed E-state index contributed by atoms with van der Waals surface area (Å²) >= 11 is 0. The van der Waals surface area contributed by atoms with E-state index in [4.69, 9.17) is 0 Å². The Bertz CT molecular complexity index is 572. The summed E-state index contributed by atoms with van der Waals surface area (Å²) in [6.07, 6.45) is 7.58. The van der Waals surface area contributed by atoms with Crippen LogP contribution in [0.3, 0.4) is 0 Å². The van der Waals surface area contributed by atoms with E-state index in [1.807, 2.05) is 24.4 Å². The molecular weight excluding hydrogens is 246 g/mol. The van der Waals surface area contributed by atoms with Crippen LogP contribution >= 0.6 is 0 Å². The third kappa shape index (κ3) is 2.71. The van der Waals surface area contributed by atoms with E-state index in [0.717, 1.165) is 35.2 Å². The number of pyridine rings is 1. The van der Waals surface area contributed by atoms with Gasteiger partial charge >= 0.3 is 0 Å². The molecule has 1 atom stereocenters. The second-order valence-corrected chi connectivity index (χ2v) is 6.10. The molecule has 1 N–H and O–H groups in total. The zero-order valence-corrected chi connectivity index (χ0v) is 12.1. The van der Waals surface area contributed by atoms with Crippen molar-refractivity contribution in [3.63, 3.8) is 0 Å². The van der Waals surface area contributed by atoms with Gasteiger partial charge in [0.25, 0.3) is 0 Å². The number of aromatic nitrogens is 1. The second kappa shape index (κ2) is 5.92. The van der Waals surface area contributed by atoms with Crippen LogP contribution in [-0.2, 0) is 0 Å². The Hall–Kier alpha value is -1.41. The van der Waals surface area contributed by atoms with Gasteiger partial charge in [0.2, 0.25) is 0 Å². The Kier molecular flexibility index (Phi) is 4.02.